The van der Waals surface area contributed by atoms with E-state index in [0.29, 0.717) is 17.9 Å². The monoisotopic (exact) mass is 458 g/mol. The largest absolute Gasteiger partial charge is 0.325 e. The Hall–Kier alpha value is -2.62. The van der Waals surface area contributed by atoms with E-state index in [1.807, 2.05) is 38.3 Å². The van der Waals surface area contributed by atoms with Gasteiger partial charge >= 0.3 is 0 Å². The van der Waals surface area contributed by atoms with Crippen LogP contribution in [0.4, 0.5) is 5.69 Å². The van der Waals surface area contributed by atoms with Crippen LogP contribution in [0.25, 0.3) is 5.69 Å². The first-order chi connectivity index (χ1) is 14.8. The van der Waals surface area contributed by atoms with Crippen LogP contribution in [0, 0.1) is 13.8 Å². The van der Waals surface area contributed by atoms with Crippen molar-refractivity contribution in [3.8, 4) is 5.69 Å². The van der Waals surface area contributed by atoms with Crippen LogP contribution in [0.3, 0.4) is 0 Å². The highest BCUT2D eigenvalue weighted by Crippen LogP contribution is 2.17. The lowest BCUT2D eigenvalue weighted by Crippen LogP contribution is -2.44. The zero-order valence-electron chi connectivity index (χ0n) is 17.7. The predicted molar refractivity (Wildman–Crippen MR) is 125 cm³/mol. The van der Waals surface area contributed by atoms with Crippen molar-refractivity contribution in [3.63, 3.8) is 0 Å². The maximum absolute atomic E-state index is 13.0. The average molecular weight is 459 g/mol. The van der Waals surface area contributed by atoms with Gasteiger partial charge in [0.25, 0.3) is 0 Å². The number of aryl methyl sites for hydroxylation is 2. The molecule has 0 spiro atoms. The number of carbonyl (C=O) groups excluding carboxylic acids is 1. The number of benzene rings is 2. The summed E-state index contributed by atoms with van der Waals surface area (Å²) in [4.78, 5) is 13.1. The second kappa shape index (κ2) is 10.1. The first-order valence-electron chi connectivity index (χ1n) is 9.80. The smallest absolute Gasteiger partial charge is 0.242 e. The minimum Gasteiger partial charge on any atom is -0.325 e. The molecule has 31 heavy (non-hydrogen) atoms. The molecule has 3 aromatic rings. The van der Waals surface area contributed by atoms with Crippen LogP contribution in [0.2, 0.25) is 0 Å². The highest BCUT2D eigenvalue weighted by atomic mass is 32.2. The fourth-order valence-electron chi connectivity index (χ4n) is 3.04. The molecule has 1 heterocycles. The quantitative estimate of drug-likeness (QED) is 0.512. The molecule has 0 aliphatic rings. The van der Waals surface area contributed by atoms with Gasteiger partial charge in [0.15, 0.2) is 0 Å². The third-order valence-corrected chi connectivity index (χ3v) is 6.88. The molecule has 0 aliphatic heterocycles. The van der Waals surface area contributed by atoms with Crippen molar-refractivity contribution in [1.29, 1.82) is 0 Å². The Kier molecular flexibility index (Phi) is 7.53. The van der Waals surface area contributed by atoms with E-state index in [9.17, 15) is 13.2 Å². The summed E-state index contributed by atoms with van der Waals surface area (Å²) in [5.74, 6) is 0.236. The Morgan fingerprint density at radius 3 is 2.52 bits per heavy atom. The third-order valence-electron chi connectivity index (χ3n) is 4.75. The van der Waals surface area contributed by atoms with Crippen molar-refractivity contribution >= 4 is 33.4 Å². The number of aromatic nitrogens is 2. The fraction of sp³-hybridized carbons (Fsp3) is 0.273. The molecule has 0 saturated heterocycles. The highest BCUT2D eigenvalue weighted by Gasteiger charge is 2.25. The van der Waals surface area contributed by atoms with Gasteiger partial charge in [-0.1, -0.05) is 23.8 Å². The van der Waals surface area contributed by atoms with Gasteiger partial charge in [-0.15, -0.1) is 0 Å². The maximum atomic E-state index is 13.0. The van der Waals surface area contributed by atoms with Crippen molar-refractivity contribution in [1.82, 2.24) is 14.5 Å². The van der Waals surface area contributed by atoms with E-state index >= 15 is 0 Å². The zero-order valence-corrected chi connectivity index (χ0v) is 19.3. The molecule has 164 valence electrons. The number of hydrogen-bond acceptors (Lipinski definition) is 5. The average Bonchev–Trinajstić information content (AvgIpc) is 3.17. The van der Waals surface area contributed by atoms with Crippen molar-refractivity contribution in [2.24, 2.45) is 0 Å². The Bertz CT molecular complexity index is 1140. The second-order valence-electron chi connectivity index (χ2n) is 7.19. The summed E-state index contributed by atoms with van der Waals surface area (Å²) < 4.78 is 30.0. The van der Waals surface area contributed by atoms with Gasteiger partial charge in [-0.3, -0.25) is 4.79 Å². The number of carbonyl (C=O) groups is 1. The van der Waals surface area contributed by atoms with Crippen molar-refractivity contribution < 1.29 is 13.2 Å². The van der Waals surface area contributed by atoms with Gasteiger partial charge in [0.1, 0.15) is 6.04 Å². The number of nitrogens with zero attached hydrogens (tertiary/aromatic N) is 2. The summed E-state index contributed by atoms with van der Waals surface area (Å²) in [6, 6.07) is 14.8. The first-order valence-corrected chi connectivity index (χ1v) is 12.7. The molecule has 0 saturated carbocycles. The van der Waals surface area contributed by atoms with Gasteiger partial charge < -0.3 is 5.32 Å². The molecule has 9 heteroatoms. The molecule has 3 rings (SSSR count). The van der Waals surface area contributed by atoms with Crippen molar-refractivity contribution in [2.75, 3.05) is 17.3 Å². The SMILES string of the molecule is CSCCC(NS(=O)(=O)c1ccc(C)cc1)C(=O)Nc1cccc(-n2nccc2C)c1. The Morgan fingerprint density at radius 2 is 1.87 bits per heavy atom. The number of hydrogen-bond donors (Lipinski definition) is 2. The second-order valence-corrected chi connectivity index (χ2v) is 9.89. The molecule has 0 radical (unpaired) electrons. The number of rotatable bonds is 9. The summed E-state index contributed by atoms with van der Waals surface area (Å²) in [7, 11) is -3.83. The molecule has 7 nitrogen and oxygen atoms in total. The molecule has 1 atom stereocenters. The van der Waals surface area contributed by atoms with Crippen molar-refractivity contribution in [3.05, 3.63) is 72.1 Å². The van der Waals surface area contributed by atoms with Crippen LogP contribution in [0.1, 0.15) is 17.7 Å². The zero-order chi connectivity index (χ0) is 22.4. The van der Waals surface area contributed by atoms with Crippen LogP contribution in [0.15, 0.2) is 65.7 Å². The lowest BCUT2D eigenvalue weighted by atomic mass is 10.2. The summed E-state index contributed by atoms with van der Waals surface area (Å²) in [5.41, 5.74) is 3.30. The van der Waals surface area contributed by atoms with Gasteiger partial charge in [0, 0.05) is 17.6 Å². The topological polar surface area (TPSA) is 93.1 Å². The van der Waals surface area contributed by atoms with Gasteiger partial charge in [0.2, 0.25) is 15.9 Å². The molecule has 0 aliphatic carbocycles. The number of anilines is 1. The van der Waals surface area contributed by atoms with Crippen LogP contribution >= 0.6 is 11.8 Å². The van der Waals surface area contributed by atoms with E-state index in [1.165, 1.54) is 12.1 Å². The lowest BCUT2D eigenvalue weighted by Gasteiger charge is -2.19. The normalized spacial score (nSPS) is 12.5. The molecule has 0 bridgehead atoms. The van der Waals surface area contributed by atoms with Gasteiger partial charge in [-0.05, 0) is 68.7 Å². The van der Waals surface area contributed by atoms with Gasteiger partial charge in [0.05, 0.1) is 10.6 Å². The van der Waals surface area contributed by atoms with Crippen molar-refractivity contribution in [2.45, 2.75) is 31.2 Å². The summed E-state index contributed by atoms with van der Waals surface area (Å²) in [5, 5.41) is 7.12. The highest BCUT2D eigenvalue weighted by molar-refractivity contribution is 7.98. The minimum absolute atomic E-state index is 0.135. The van der Waals surface area contributed by atoms with E-state index in [0.717, 1.165) is 16.9 Å². The summed E-state index contributed by atoms with van der Waals surface area (Å²) >= 11 is 1.55. The number of amides is 1. The molecule has 2 N–H and O–H groups in total. The summed E-state index contributed by atoms with van der Waals surface area (Å²) in [6.07, 6.45) is 3.99. The lowest BCUT2D eigenvalue weighted by molar-refractivity contribution is -0.117. The Morgan fingerprint density at radius 1 is 1.13 bits per heavy atom. The number of nitrogens with one attached hydrogen (secondary N) is 2. The summed E-state index contributed by atoms with van der Waals surface area (Å²) in [6.45, 7) is 3.83. The molecule has 2 aromatic carbocycles. The molecule has 1 aromatic heterocycles. The molecular formula is C22H26N4O3S2. The third kappa shape index (κ3) is 5.96. The fourth-order valence-corrected chi connectivity index (χ4v) is 4.74. The Balaban J connectivity index is 1.79. The van der Waals surface area contributed by atoms with Crippen LogP contribution in [-0.4, -0.2) is 42.2 Å². The molecule has 0 fully saturated rings. The molecule has 1 unspecified atom stereocenters. The minimum atomic E-state index is -3.83. The number of thioether (sulfide) groups is 1. The van der Waals surface area contributed by atoms with E-state index in [1.54, 1.807) is 46.9 Å². The van der Waals surface area contributed by atoms with E-state index < -0.39 is 22.0 Å². The Labute approximate surface area is 187 Å². The molecule has 1 amide bonds. The standard InChI is InChI=1S/C22H26N4O3S2/c1-16-7-9-20(10-8-16)31(28,29)25-21(12-14-30-3)22(27)24-18-5-4-6-19(15-18)26-17(2)11-13-23-26/h4-11,13,15,21,25H,12,14H2,1-3H3,(H,24,27). The van der Waals surface area contributed by atoms with Gasteiger partial charge in [-0.25, -0.2) is 13.1 Å². The molecular weight excluding hydrogens is 432 g/mol. The van der Waals surface area contributed by atoms with E-state index in [2.05, 4.69) is 15.1 Å². The van der Waals surface area contributed by atoms with Crippen LogP contribution < -0.4 is 10.0 Å². The number of sulfonamides is 1. The maximum Gasteiger partial charge on any atom is 0.242 e. The van der Waals surface area contributed by atoms with E-state index in [-0.39, 0.29) is 4.90 Å². The van der Waals surface area contributed by atoms with Crippen LogP contribution in [0.5, 0.6) is 0 Å². The van der Waals surface area contributed by atoms with Gasteiger partial charge in [-0.2, -0.15) is 21.6 Å². The first kappa shape index (κ1) is 23.1. The predicted octanol–water partition coefficient (Wildman–Crippen LogP) is 3.53. The van der Waals surface area contributed by atoms with Crippen LogP contribution in [-0.2, 0) is 14.8 Å². The van der Waals surface area contributed by atoms with E-state index in [4.69, 9.17) is 0 Å².